The molecular formula is C23H25NO7S. The van der Waals surface area contributed by atoms with Crippen LogP contribution in [0.15, 0.2) is 77.7 Å². The van der Waals surface area contributed by atoms with Crippen LogP contribution in [0.25, 0.3) is 0 Å². The Bertz CT molecular complexity index is 1050. The van der Waals surface area contributed by atoms with Crippen LogP contribution in [-0.4, -0.2) is 49.7 Å². The lowest BCUT2D eigenvalue weighted by atomic mass is 10.1. The third-order valence-corrected chi connectivity index (χ3v) is 6.54. The predicted octanol–water partition coefficient (Wildman–Crippen LogP) is 2.65. The molecule has 3 rings (SSSR count). The van der Waals surface area contributed by atoms with Gasteiger partial charge in [-0.2, -0.15) is 4.31 Å². The Hall–Kier alpha value is -3.01. The monoisotopic (exact) mass is 459 g/mol. The van der Waals surface area contributed by atoms with Gasteiger partial charge in [-0.1, -0.05) is 48.5 Å². The lowest BCUT2D eigenvalue weighted by molar-refractivity contribution is -0.169. The maximum atomic E-state index is 13.5. The van der Waals surface area contributed by atoms with E-state index in [2.05, 4.69) is 0 Å². The van der Waals surface area contributed by atoms with Crippen LogP contribution in [0.1, 0.15) is 19.4 Å². The van der Waals surface area contributed by atoms with Gasteiger partial charge >= 0.3 is 11.9 Å². The molecule has 2 aromatic carbocycles. The molecule has 3 atom stereocenters. The van der Waals surface area contributed by atoms with Crippen molar-refractivity contribution in [2.75, 3.05) is 6.61 Å². The highest BCUT2D eigenvalue weighted by atomic mass is 32.2. The quantitative estimate of drug-likeness (QED) is 0.442. The van der Waals surface area contributed by atoms with Crippen LogP contribution in [0.4, 0.5) is 0 Å². The average molecular weight is 460 g/mol. The van der Waals surface area contributed by atoms with Crippen LogP contribution < -0.4 is 0 Å². The minimum atomic E-state index is -3.95. The minimum Gasteiger partial charge on any atom is -0.463 e. The highest BCUT2D eigenvalue weighted by Crippen LogP contribution is 2.27. The van der Waals surface area contributed by atoms with Crippen molar-refractivity contribution in [1.82, 2.24) is 4.31 Å². The largest absolute Gasteiger partial charge is 0.463 e. The summed E-state index contributed by atoms with van der Waals surface area (Å²) in [7, 11) is -3.95. The molecule has 2 aromatic rings. The van der Waals surface area contributed by atoms with Gasteiger partial charge in [-0.05, 0) is 29.8 Å². The molecule has 8 nitrogen and oxygen atoms in total. The average Bonchev–Trinajstić information content (AvgIpc) is 2.77. The number of rotatable bonds is 8. The molecule has 0 fully saturated rings. The standard InChI is InChI=1S/C23H25NO7S/c1-17(25)29-16-22-21(30-18(2)26)13-14-23(31-22)24(15-19-9-5-3-6-10-19)32(27,28)20-11-7-4-8-12-20/h3-14,21-23H,15-16H2,1-2H3/t21-,22+,23?/m0/s1. The SMILES string of the molecule is CC(=O)OC[C@H]1OC(N(Cc2ccccc2)S(=O)(=O)c2ccccc2)C=C[C@@H]1OC(C)=O. The van der Waals surface area contributed by atoms with E-state index in [-0.39, 0.29) is 18.0 Å². The van der Waals surface area contributed by atoms with E-state index in [1.807, 2.05) is 30.3 Å². The Morgan fingerprint density at radius 2 is 1.56 bits per heavy atom. The molecular weight excluding hydrogens is 434 g/mol. The lowest BCUT2D eigenvalue weighted by Crippen LogP contribution is -2.49. The van der Waals surface area contributed by atoms with E-state index in [0.717, 1.165) is 5.56 Å². The second-order valence-electron chi connectivity index (χ2n) is 7.18. The number of hydrogen-bond donors (Lipinski definition) is 0. The zero-order chi connectivity index (χ0) is 23.1. The highest BCUT2D eigenvalue weighted by Gasteiger charge is 2.38. The van der Waals surface area contributed by atoms with E-state index in [1.165, 1.54) is 36.4 Å². The number of nitrogens with zero attached hydrogens (tertiary/aromatic N) is 1. The van der Waals surface area contributed by atoms with Crippen molar-refractivity contribution >= 4 is 22.0 Å². The molecule has 1 aliphatic rings. The Morgan fingerprint density at radius 1 is 0.938 bits per heavy atom. The van der Waals surface area contributed by atoms with Crippen molar-refractivity contribution in [3.05, 3.63) is 78.4 Å². The molecule has 32 heavy (non-hydrogen) atoms. The molecule has 0 saturated carbocycles. The Balaban J connectivity index is 1.96. The van der Waals surface area contributed by atoms with Gasteiger partial charge in [0.2, 0.25) is 10.0 Å². The number of sulfonamides is 1. The van der Waals surface area contributed by atoms with Gasteiger partial charge in [0.15, 0.2) is 0 Å². The van der Waals surface area contributed by atoms with Crippen molar-refractivity contribution in [2.24, 2.45) is 0 Å². The molecule has 0 aromatic heterocycles. The maximum Gasteiger partial charge on any atom is 0.303 e. The number of hydrogen-bond acceptors (Lipinski definition) is 7. The van der Waals surface area contributed by atoms with Crippen LogP contribution in [0.5, 0.6) is 0 Å². The number of carbonyl (C=O) groups excluding carboxylic acids is 2. The maximum absolute atomic E-state index is 13.5. The fourth-order valence-corrected chi connectivity index (χ4v) is 4.72. The van der Waals surface area contributed by atoms with Crippen molar-refractivity contribution in [3.63, 3.8) is 0 Å². The van der Waals surface area contributed by atoms with Crippen molar-refractivity contribution in [1.29, 1.82) is 0 Å². The van der Waals surface area contributed by atoms with E-state index in [1.54, 1.807) is 24.3 Å². The molecule has 0 saturated heterocycles. The molecule has 1 unspecified atom stereocenters. The Morgan fingerprint density at radius 3 is 2.16 bits per heavy atom. The summed E-state index contributed by atoms with van der Waals surface area (Å²) in [5.41, 5.74) is 0.766. The minimum absolute atomic E-state index is 0.0472. The third-order valence-electron chi connectivity index (χ3n) is 4.71. The summed E-state index contributed by atoms with van der Waals surface area (Å²) in [6.45, 7) is 2.35. The van der Waals surface area contributed by atoms with E-state index >= 15 is 0 Å². The zero-order valence-electron chi connectivity index (χ0n) is 17.8. The van der Waals surface area contributed by atoms with E-state index in [0.29, 0.717) is 0 Å². The second-order valence-corrected chi connectivity index (χ2v) is 9.07. The van der Waals surface area contributed by atoms with Crippen LogP contribution in [0.2, 0.25) is 0 Å². The lowest BCUT2D eigenvalue weighted by Gasteiger charge is -2.36. The van der Waals surface area contributed by atoms with E-state index < -0.39 is 40.4 Å². The van der Waals surface area contributed by atoms with E-state index in [9.17, 15) is 18.0 Å². The first-order chi connectivity index (χ1) is 15.3. The summed E-state index contributed by atoms with van der Waals surface area (Å²) in [5.74, 6) is -1.06. The highest BCUT2D eigenvalue weighted by molar-refractivity contribution is 7.89. The van der Waals surface area contributed by atoms with Crippen molar-refractivity contribution in [3.8, 4) is 0 Å². The number of esters is 2. The van der Waals surface area contributed by atoms with Gasteiger partial charge in [0.25, 0.3) is 0 Å². The summed E-state index contributed by atoms with van der Waals surface area (Å²) in [6.07, 6.45) is 0.389. The van der Waals surface area contributed by atoms with Crippen molar-refractivity contribution < 1.29 is 32.2 Å². The summed E-state index contributed by atoms with van der Waals surface area (Å²) >= 11 is 0. The molecule has 0 amide bonds. The van der Waals surface area contributed by atoms with Crippen LogP contribution >= 0.6 is 0 Å². The van der Waals surface area contributed by atoms with Gasteiger partial charge in [0.1, 0.15) is 25.0 Å². The predicted molar refractivity (Wildman–Crippen MR) is 116 cm³/mol. The molecule has 170 valence electrons. The summed E-state index contributed by atoms with van der Waals surface area (Å²) in [6, 6.07) is 17.2. The molecule has 1 heterocycles. The van der Waals surface area contributed by atoms with Gasteiger partial charge < -0.3 is 14.2 Å². The van der Waals surface area contributed by atoms with E-state index in [4.69, 9.17) is 14.2 Å². The normalized spacial score (nSPS) is 20.7. The van der Waals surface area contributed by atoms with Crippen LogP contribution in [0, 0.1) is 0 Å². The zero-order valence-corrected chi connectivity index (χ0v) is 18.6. The van der Waals surface area contributed by atoms with Gasteiger partial charge in [-0.25, -0.2) is 8.42 Å². The number of benzene rings is 2. The first-order valence-corrected chi connectivity index (χ1v) is 11.5. The fourth-order valence-electron chi connectivity index (χ4n) is 3.24. The summed E-state index contributed by atoms with van der Waals surface area (Å²) < 4.78 is 44.5. The van der Waals surface area contributed by atoms with Gasteiger partial charge in [-0.3, -0.25) is 9.59 Å². The first kappa shape index (κ1) is 23.6. The molecule has 0 N–H and O–H groups in total. The Kier molecular flexibility index (Phi) is 7.79. The molecule has 9 heteroatoms. The molecule has 1 aliphatic heterocycles. The fraction of sp³-hybridized carbons (Fsp3) is 0.304. The molecule has 0 bridgehead atoms. The van der Waals surface area contributed by atoms with Gasteiger partial charge in [0.05, 0.1) is 4.90 Å². The first-order valence-electron chi connectivity index (χ1n) is 10.0. The molecule has 0 spiro atoms. The second kappa shape index (κ2) is 10.5. The number of ether oxygens (including phenoxy) is 3. The summed E-state index contributed by atoms with van der Waals surface area (Å²) in [4.78, 5) is 22.9. The Labute approximate surface area is 187 Å². The van der Waals surface area contributed by atoms with Crippen LogP contribution in [0.3, 0.4) is 0 Å². The van der Waals surface area contributed by atoms with Gasteiger partial charge in [0, 0.05) is 20.4 Å². The molecule has 0 radical (unpaired) electrons. The van der Waals surface area contributed by atoms with Gasteiger partial charge in [-0.15, -0.1) is 0 Å². The van der Waals surface area contributed by atoms with Crippen molar-refractivity contribution in [2.45, 2.75) is 43.7 Å². The topological polar surface area (TPSA) is 99.2 Å². The third kappa shape index (κ3) is 6.03. The smallest absolute Gasteiger partial charge is 0.303 e. The molecule has 0 aliphatic carbocycles. The number of carbonyl (C=O) groups is 2. The summed E-state index contributed by atoms with van der Waals surface area (Å²) in [5, 5.41) is 0. The van der Waals surface area contributed by atoms with Crippen LogP contribution in [-0.2, 0) is 40.4 Å².